The molecule has 1 heteroatoms. The first-order chi connectivity index (χ1) is 7.14. The summed E-state index contributed by atoms with van der Waals surface area (Å²) in [6.45, 7) is 7.32. The van der Waals surface area contributed by atoms with Gasteiger partial charge in [0.25, 0.3) is 0 Å². The summed E-state index contributed by atoms with van der Waals surface area (Å²) in [5.41, 5.74) is 1.44. The average molecular weight is 206 g/mol. The first-order valence-corrected chi connectivity index (χ1v) is 5.82. The maximum atomic E-state index is 5.80. The Kier molecular flexibility index (Phi) is 4.83. The van der Waals surface area contributed by atoms with Crippen molar-refractivity contribution in [2.24, 2.45) is 0 Å². The maximum absolute atomic E-state index is 5.80. The molecular weight excluding hydrogens is 184 g/mol. The maximum Gasteiger partial charge on any atom is 0.0623 e. The van der Waals surface area contributed by atoms with E-state index in [0.717, 1.165) is 25.9 Å². The molecule has 0 radical (unpaired) electrons. The molecule has 0 spiro atoms. The molecule has 0 saturated heterocycles. The molecule has 0 atom stereocenters. The molecule has 84 valence electrons. The molecule has 0 bridgehead atoms. The van der Waals surface area contributed by atoms with Gasteiger partial charge >= 0.3 is 0 Å². The standard InChI is InChI=1S/C14H22O/c1-4-14(2,3)15-12-8-11-13-9-6-5-7-10-13/h5-7,9-10H,4,8,11-12H2,1-3H3. The van der Waals surface area contributed by atoms with Crippen LogP contribution in [0.4, 0.5) is 0 Å². The molecular formula is C14H22O. The second kappa shape index (κ2) is 5.92. The van der Waals surface area contributed by atoms with Gasteiger partial charge in [0.2, 0.25) is 0 Å². The molecule has 0 aliphatic carbocycles. The van der Waals surface area contributed by atoms with Crippen LogP contribution in [0.2, 0.25) is 0 Å². The third-order valence-electron chi connectivity index (χ3n) is 2.80. The van der Waals surface area contributed by atoms with Crippen molar-refractivity contribution in [1.82, 2.24) is 0 Å². The van der Waals surface area contributed by atoms with E-state index in [9.17, 15) is 0 Å². The van der Waals surface area contributed by atoms with E-state index >= 15 is 0 Å². The van der Waals surface area contributed by atoms with Crippen molar-refractivity contribution in [2.75, 3.05) is 6.61 Å². The smallest absolute Gasteiger partial charge is 0.0623 e. The monoisotopic (exact) mass is 206 g/mol. The van der Waals surface area contributed by atoms with Crippen molar-refractivity contribution >= 4 is 0 Å². The Morgan fingerprint density at radius 3 is 2.40 bits per heavy atom. The van der Waals surface area contributed by atoms with Crippen LogP contribution in [0.5, 0.6) is 0 Å². The lowest BCUT2D eigenvalue weighted by Gasteiger charge is -2.23. The largest absolute Gasteiger partial charge is 0.376 e. The number of hydrogen-bond acceptors (Lipinski definition) is 1. The van der Waals surface area contributed by atoms with E-state index in [4.69, 9.17) is 4.74 Å². The Morgan fingerprint density at radius 1 is 1.13 bits per heavy atom. The van der Waals surface area contributed by atoms with E-state index in [1.807, 2.05) is 0 Å². The molecule has 0 saturated carbocycles. The fraction of sp³-hybridized carbons (Fsp3) is 0.571. The molecule has 1 nitrogen and oxygen atoms in total. The second-order valence-corrected chi connectivity index (χ2v) is 4.55. The summed E-state index contributed by atoms with van der Waals surface area (Å²) in [4.78, 5) is 0. The minimum Gasteiger partial charge on any atom is -0.376 e. The minimum atomic E-state index is 0.0384. The predicted molar refractivity (Wildman–Crippen MR) is 65.1 cm³/mol. The number of hydrogen-bond donors (Lipinski definition) is 0. The van der Waals surface area contributed by atoms with Crippen LogP contribution >= 0.6 is 0 Å². The van der Waals surface area contributed by atoms with Crippen molar-refractivity contribution < 1.29 is 4.74 Å². The molecule has 15 heavy (non-hydrogen) atoms. The zero-order chi connectivity index (χ0) is 11.1. The van der Waals surface area contributed by atoms with Gasteiger partial charge < -0.3 is 4.74 Å². The lowest BCUT2D eigenvalue weighted by atomic mass is 10.1. The van der Waals surface area contributed by atoms with Crippen LogP contribution in [0.25, 0.3) is 0 Å². The van der Waals surface area contributed by atoms with E-state index in [-0.39, 0.29) is 5.60 Å². The Morgan fingerprint density at radius 2 is 1.80 bits per heavy atom. The van der Waals surface area contributed by atoms with Crippen LogP contribution < -0.4 is 0 Å². The number of rotatable bonds is 6. The molecule has 0 fully saturated rings. The van der Waals surface area contributed by atoms with Crippen molar-refractivity contribution in [2.45, 2.75) is 45.6 Å². The Labute approximate surface area is 93.5 Å². The highest BCUT2D eigenvalue weighted by Crippen LogP contribution is 2.14. The van der Waals surface area contributed by atoms with Gasteiger partial charge in [-0.25, -0.2) is 0 Å². The lowest BCUT2D eigenvalue weighted by Crippen LogP contribution is -2.23. The molecule has 0 amide bonds. The van der Waals surface area contributed by atoms with E-state index in [0.29, 0.717) is 0 Å². The summed E-state index contributed by atoms with van der Waals surface area (Å²) in [6, 6.07) is 10.6. The number of aryl methyl sites for hydroxylation is 1. The number of ether oxygens (including phenoxy) is 1. The molecule has 0 aromatic heterocycles. The summed E-state index contributed by atoms with van der Waals surface area (Å²) in [7, 11) is 0. The van der Waals surface area contributed by atoms with E-state index in [2.05, 4.69) is 51.1 Å². The zero-order valence-electron chi connectivity index (χ0n) is 10.1. The van der Waals surface area contributed by atoms with E-state index < -0.39 is 0 Å². The highest BCUT2D eigenvalue weighted by atomic mass is 16.5. The van der Waals surface area contributed by atoms with Crippen LogP contribution in [0.15, 0.2) is 30.3 Å². The van der Waals surface area contributed by atoms with Crippen molar-refractivity contribution in [3.8, 4) is 0 Å². The number of benzene rings is 1. The first-order valence-electron chi connectivity index (χ1n) is 5.82. The van der Waals surface area contributed by atoms with Gasteiger partial charge in [0.15, 0.2) is 0 Å². The van der Waals surface area contributed by atoms with Gasteiger partial charge in [0, 0.05) is 6.61 Å². The van der Waals surface area contributed by atoms with Gasteiger partial charge in [0.1, 0.15) is 0 Å². The van der Waals surface area contributed by atoms with Crippen LogP contribution in [-0.4, -0.2) is 12.2 Å². The van der Waals surface area contributed by atoms with Crippen molar-refractivity contribution in [3.63, 3.8) is 0 Å². The van der Waals surface area contributed by atoms with Crippen molar-refractivity contribution in [3.05, 3.63) is 35.9 Å². The van der Waals surface area contributed by atoms with Crippen LogP contribution in [0, 0.1) is 0 Å². The van der Waals surface area contributed by atoms with Crippen LogP contribution in [0.3, 0.4) is 0 Å². The van der Waals surface area contributed by atoms with Crippen LogP contribution in [0.1, 0.15) is 39.2 Å². The molecule has 0 heterocycles. The summed E-state index contributed by atoms with van der Waals surface area (Å²) in [5, 5.41) is 0. The molecule has 1 rings (SSSR count). The van der Waals surface area contributed by atoms with Gasteiger partial charge in [-0.05, 0) is 38.7 Å². The minimum absolute atomic E-state index is 0.0384. The van der Waals surface area contributed by atoms with Gasteiger partial charge in [-0.15, -0.1) is 0 Å². The third-order valence-corrected chi connectivity index (χ3v) is 2.80. The molecule has 1 aromatic rings. The molecule has 0 unspecified atom stereocenters. The Balaban J connectivity index is 2.18. The zero-order valence-corrected chi connectivity index (χ0v) is 10.1. The van der Waals surface area contributed by atoms with E-state index in [1.165, 1.54) is 5.56 Å². The topological polar surface area (TPSA) is 9.23 Å². The van der Waals surface area contributed by atoms with Crippen molar-refractivity contribution in [1.29, 1.82) is 0 Å². The normalized spacial score (nSPS) is 11.7. The summed E-state index contributed by atoms with van der Waals surface area (Å²) >= 11 is 0. The Hall–Kier alpha value is -0.820. The summed E-state index contributed by atoms with van der Waals surface area (Å²) < 4.78 is 5.80. The Bertz CT molecular complexity index is 264. The van der Waals surface area contributed by atoms with Gasteiger partial charge in [0.05, 0.1) is 5.60 Å². The quantitative estimate of drug-likeness (QED) is 0.643. The predicted octanol–water partition coefficient (Wildman–Crippen LogP) is 3.82. The molecule has 1 aromatic carbocycles. The van der Waals surface area contributed by atoms with Gasteiger partial charge in [-0.3, -0.25) is 0 Å². The molecule has 0 aliphatic heterocycles. The van der Waals surface area contributed by atoms with Crippen LogP contribution in [-0.2, 0) is 11.2 Å². The van der Waals surface area contributed by atoms with Gasteiger partial charge in [-0.2, -0.15) is 0 Å². The fourth-order valence-electron chi connectivity index (χ4n) is 1.37. The lowest BCUT2D eigenvalue weighted by molar-refractivity contribution is -0.0208. The highest BCUT2D eigenvalue weighted by Gasteiger charge is 2.14. The van der Waals surface area contributed by atoms with E-state index in [1.54, 1.807) is 0 Å². The summed E-state index contributed by atoms with van der Waals surface area (Å²) in [5.74, 6) is 0. The fourth-order valence-corrected chi connectivity index (χ4v) is 1.37. The second-order valence-electron chi connectivity index (χ2n) is 4.55. The van der Waals surface area contributed by atoms with Gasteiger partial charge in [-0.1, -0.05) is 37.3 Å². The first kappa shape index (κ1) is 12.3. The third kappa shape index (κ3) is 4.98. The highest BCUT2D eigenvalue weighted by molar-refractivity contribution is 5.14. The SMILES string of the molecule is CCC(C)(C)OCCCc1ccccc1. The molecule has 0 aliphatic rings. The average Bonchev–Trinajstić information content (AvgIpc) is 2.26. The molecule has 0 N–H and O–H groups in total. The summed E-state index contributed by atoms with van der Waals surface area (Å²) in [6.07, 6.45) is 3.28.